The van der Waals surface area contributed by atoms with Gasteiger partial charge in [0.2, 0.25) is 5.91 Å². The zero-order chi connectivity index (χ0) is 13.2. The smallest absolute Gasteiger partial charge is 0.228 e. The van der Waals surface area contributed by atoms with Gasteiger partial charge in [-0.05, 0) is 36.1 Å². The first-order valence-corrected chi connectivity index (χ1v) is 6.35. The second-order valence-corrected chi connectivity index (χ2v) is 4.86. The number of hydrogen-bond donors (Lipinski definition) is 1. The van der Waals surface area contributed by atoms with Crippen molar-refractivity contribution in [3.63, 3.8) is 0 Å². The molecule has 1 amide bonds. The van der Waals surface area contributed by atoms with Gasteiger partial charge in [-0.15, -0.1) is 0 Å². The van der Waals surface area contributed by atoms with Crippen molar-refractivity contribution in [3.05, 3.63) is 66.0 Å². The number of halogens is 1. The number of amides is 1. The Hall–Kier alpha value is -2.16. The highest BCUT2D eigenvalue weighted by Crippen LogP contribution is 2.47. The lowest BCUT2D eigenvalue weighted by atomic mass is 10.1. The lowest BCUT2D eigenvalue weighted by molar-refractivity contribution is -0.117. The van der Waals surface area contributed by atoms with Gasteiger partial charge in [0.15, 0.2) is 0 Å². The lowest BCUT2D eigenvalue weighted by Crippen LogP contribution is -2.14. The maximum Gasteiger partial charge on any atom is 0.228 e. The van der Waals surface area contributed by atoms with Crippen LogP contribution in [0.5, 0.6) is 0 Å². The van der Waals surface area contributed by atoms with Gasteiger partial charge in [0, 0.05) is 11.6 Å². The predicted molar refractivity (Wildman–Crippen MR) is 72.3 cm³/mol. The van der Waals surface area contributed by atoms with Crippen molar-refractivity contribution >= 4 is 11.6 Å². The molecule has 2 unspecified atom stereocenters. The summed E-state index contributed by atoms with van der Waals surface area (Å²) in [5, 5.41) is 2.77. The molecule has 2 nitrogen and oxygen atoms in total. The van der Waals surface area contributed by atoms with Crippen LogP contribution in [-0.4, -0.2) is 5.91 Å². The Labute approximate surface area is 111 Å². The average molecular weight is 255 g/mol. The molecule has 19 heavy (non-hydrogen) atoms. The maximum atomic E-state index is 13.0. The zero-order valence-electron chi connectivity index (χ0n) is 10.3. The van der Waals surface area contributed by atoms with E-state index < -0.39 is 0 Å². The molecule has 0 heterocycles. The van der Waals surface area contributed by atoms with Gasteiger partial charge in [-0.25, -0.2) is 4.39 Å². The third-order valence-corrected chi connectivity index (χ3v) is 3.45. The standard InChI is InChI=1S/C16H14FNO/c17-12-7-4-8-13(9-12)18-16(19)15-10-14(15)11-5-2-1-3-6-11/h1-9,14-15H,10H2,(H,18,19). The molecule has 0 radical (unpaired) electrons. The van der Waals surface area contributed by atoms with Gasteiger partial charge in [-0.3, -0.25) is 4.79 Å². The Kier molecular flexibility index (Phi) is 3.03. The molecule has 0 spiro atoms. The Morgan fingerprint density at radius 2 is 1.89 bits per heavy atom. The molecule has 1 fully saturated rings. The van der Waals surface area contributed by atoms with Crippen LogP contribution in [0.3, 0.4) is 0 Å². The topological polar surface area (TPSA) is 29.1 Å². The predicted octanol–water partition coefficient (Wildman–Crippen LogP) is 3.57. The summed E-state index contributed by atoms with van der Waals surface area (Å²) in [5.74, 6) is -0.0620. The van der Waals surface area contributed by atoms with Gasteiger partial charge in [0.1, 0.15) is 5.82 Å². The van der Waals surface area contributed by atoms with Crippen LogP contribution in [0.25, 0.3) is 0 Å². The van der Waals surface area contributed by atoms with Crippen molar-refractivity contribution in [3.8, 4) is 0 Å². The quantitative estimate of drug-likeness (QED) is 0.892. The summed E-state index contributed by atoms with van der Waals surface area (Å²) in [5.41, 5.74) is 1.71. The number of benzene rings is 2. The molecular weight excluding hydrogens is 241 g/mol. The van der Waals surface area contributed by atoms with E-state index in [1.807, 2.05) is 30.3 Å². The summed E-state index contributed by atoms with van der Waals surface area (Å²) in [6, 6.07) is 16.0. The number of carbonyl (C=O) groups excluding carboxylic acids is 1. The van der Waals surface area contributed by atoms with E-state index >= 15 is 0 Å². The van der Waals surface area contributed by atoms with E-state index in [0.717, 1.165) is 6.42 Å². The minimum atomic E-state index is -0.340. The first-order valence-electron chi connectivity index (χ1n) is 6.35. The Morgan fingerprint density at radius 3 is 2.63 bits per heavy atom. The third-order valence-electron chi connectivity index (χ3n) is 3.45. The van der Waals surface area contributed by atoms with Crippen LogP contribution in [0, 0.1) is 11.7 Å². The monoisotopic (exact) mass is 255 g/mol. The number of hydrogen-bond acceptors (Lipinski definition) is 1. The molecule has 1 aliphatic rings. The summed E-state index contributed by atoms with van der Waals surface area (Å²) in [4.78, 5) is 12.0. The van der Waals surface area contributed by atoms with Crippen LogP contribution >= 0.6 is 0 Å². The fourth-order valence-electron chi connectivity index (χ4n) is 2.35. The highest BCUT2D eigenvalue weighted by Gasteiger charge is 2.43. The van der Waals surface area contributed by atoms with E-state index in [1.54, 1.807) is 12.1 Å². The molecule has 3 rings (SSSR count). The number of carbonyl (C=O) groups is 1. The molecule has 2 aromatic rings. The second-order valence-electron chi connectivity index (χ2n) is 4.86. The second kappa shape index (κ2) is 4.84. The molecule has 1 aliphatic carbocycles. The van der Waals surface area contributed by atoms with Gasteiger partial charge in [-0.2, -0.15) is 0 Å². The highest BCUT2D eigenvalue weighted by atomic mass is 19.1. The van der Waals surface area contributed by atoms with E-state index in [1.165, 1.54) is 17.7 Å². The summed E-state index contributed by atoms with van der Waals surface area (Å²) >= 11 is 0. The number of anilines is 1. The average Bonchev–Trinajstić information content (AvgIpc) is 3.20. The maximum absolute atomic E-state index is 13.0. The molecule has 96 valence electrons. The van der Waals surface area contributed by atoms with Crippen molar-refractivity contribution in [1.29, 1.82) is 0 Å². The summed E-state index contributed by atoms with van der Waals surface area (Å²) in [6.07, 6.45) is 0.866. The van der Waals surface area contributed by atoms with E-state index in [4.69, 9.17) is 0 Å². The zero-order valence-corrected chi connectivity index (χ0v) is 10.3. The highest BCUT2D eigenvalue weighted by molar-refractivity contribution is 5.95. The van der Waals surface area contributed by atoms with Gasteiger partial charge in [-0.1, -0.05) is 36.4 Å². The largest absolute Gasteiger partial charge is 0.326 e. The lowest BCUT2D eigenvalue weighted by Gasteiger charge is -2.05. The molecule has 1 saturated carbocycles. The molecule has 0 bridgehead atoms. The van der Waals surface area contributed by atoms with Gasteiger partial charge in [0.25, 0.3) is 0 Å². The van der Waals surface area contributed by atoms with E-state index in [2.05, 4.69) is 5.32 Å². The molecule has 2 atom stereocenters. The fourth-order valence-corrected chi connectivity index (χ4v) is 2.35. The van der Waals surface area contributed by atoms with Crippen LogP contribution < -0.4 is 5.32 Å². The molecular formula is C16H14FNO. The summed E-state index contributed by atoms with van der Waals surface area (Å²) in [6.45, 7) is 0. The van der Waals surface area contributed by atoms with Crippen molar-refractivity contribution < 1.29 is 9.18 Å². The van der Waals surface area contributed by atoms with Crippen molar-refractivity contribution in [2.24, 2.45) is 5.92 Å². The Balaban J connectivity index is 1.64. The molecule has 0 aromatic heterocycles. The van der Waals surface area contributed by atoms with E-state index in [0.29, 0.717) is 11.6 Å². The summed E-state index contributed by atoms with van der Waals surface area (Å²) < 4.78 is 13.0. The summed E-state index contributed by atoms with van der Waals surface area (Å²) in [7, 11) is 0. The van der Waals surface area contributed by atoms with Crippen LogP contribution in [0.1, 0.15) is 17.9 Å². The fraction of sp³-hybridized carbons (Fsp3) is 0.188. The van der Waals surface area contributed by atoms with Crippen molar-refractivity contribution in [2.75, 3.05) is 5.32 Å². The van der Waals surface area contributed by atoms with Crippen molar-refractivity contribution in [2.45, 2.75) is 12.3 Å². The van der Waals surface area contributed by atoms with Gasteiger partial charge >= 0.3 is 0 Å². The first kappa shape index (κ1) is 11.9. The van der Waals surface area contributed by atoms with Crippen LogP contribution in [-0.2, 0) is 4.79 Å². The van der Waals surface area contributed by atoms with Gasteiger partial charge < -0.3 is 5.32 Å². The minimum absolute atomic E-state index is 0.00525. The molecule has 1 N–H and O–H groups in total. The van der Waals surface area contributed by atoms with Gasteiger partial charge in [0.05, 0.1) is 0 Å². The van der Waals surface area contributed by atoms with E-state index in [-0.39, 0.29) is 17.6 Å². The van der Waals surface area contributed by atoms with Crippen LogP contribution in [0.4, 0.5) is 10.1 Å². The number of rotatable bonds is 3. The SMILES string of the molecule is O=C(Nc1cccc(F)c1)C1CC1c1ccccc1. The first-order chi connectivity index (χ1) is 9.24. The van der Waals surface area contributed by atoms with Crippen molar-refractivity contribution in [1.82, 2.24) is 0 Å². The normalized spacial score (nSPS) is 20.9. The molecule has 2 aromatic carbocycles. The Bertz CT molecular complexity index is 597. The van der Waals surface area contributed by atoms with Crippen LogP contribution in [0.15, 0.2) is 54.6 Å². The van der Waals surface area contributed by atoms with E-state index in [9.17, 15) is 9.18 Å². The Morgan fingerprint density at radius 1 is 1.11 bits per heavy atom. The molecule has 3 heteroatoms. The number of nitrogens with one attached hydrogen (secondary N) is 1. The van der Waals surface area contributed by atoms with Crippen LogP contribution in [0.2, 0.25) is 0 Å². The molecule has 0 aliphatic heterocycles. The third kappa shape index (κ3) is 2.65. The molecule has 0 saturated heterocycles. The minimum Gasteiger partial charge on any atom is -0.326 e.